The second-order valence-corrected chi connectivity index (χ2v) is 6.85. The van der Waals surface area contributed by atoms with Crippen molar-refractivity contribution in [3.8, 4) is 5.75 Å². The minimum atomic E-state index is -0.437. The Bertz CT molecular complexity index is 801. The molecule has 0 saturated carbocycles. The number of rotatable bonds is 3. The number of ether oxygens (including phenoxy) is 1. The first-order valence-electron chi connectivity index (χ1n) is 8.82. The molecule has 136 valence electrons. The molecule has 2 aromatic rings. The van der Waals surface area contributed by atoms with Crippen LogP contribution in [-0.2, 0) is 0 Å². The number of anilines is 1. The third-order valence-corrected chi connectivity index (χ3v) is 5.20. The van der Waals surface area contributed by atoms with Gasteiger partial charge in [-0.1, -0.05) is 0 Å². The first kappa shape index (κ1) is 16.8. The first-order valence-corrected chi connectivity index (χ1v) is 8.82. The molecule has 1 amide bonds. The van der Waals surface area contributed by atoms with Crippen LogP contribution in [0.2, 0.25) is 0 Å². The number of benzene rings is 1. The summed E-state index contributed by atoms with van der Waals surface area (Å²) in [7, 11) is 1.49. The van der Waals surface area contributed by atoms with Gasteiger partial charge in [-0.05, 0) is 43.0 Å². The normalized spacial score (nSPS) is 22.2. The van der Waals surface area contributed by atoms with Crippen LogP contribution in [0.3, 0.4) is 0 Å². The highest BCUT2D eigenvalue weighted by Crippen LogP contribution is 2.32. The lowest BCUT2D eigenvalue weighted by atomic mass is 9.94. The molecular formula is C19H21FN4O2. The molecule has 1 aromatic carbocycles. The molecule has 26 heavy (non-hydrogen) atoms. The molecule has 3 saturated heterocycles. The number of aromatic nitrogens is 2. The lowest BCUT2D eigenvalue weighted by molar-refractivity contribution is 0.0588. The number of carbonyl (C=O) groups excluding carboxylic acids is 1. The number of hydrogen-bond acceptors (Lipinski definition) is 5. The Hall–Kier alpha value is -2.70. The molecule has 1 aromatic heterocycles. The van der Waals surface area contributed by atoms with Gasteiger partial charge in [0.05, 0.1) is 12.7 Å². The van der Waals surface area contributed by atoms with Crippen molar-refractivity contribution in [1.82, 2.24) is 14.9 Å². The molecule has 0 N–H and O–H groups in total. The molecule has 0 unspecified atom stereocenters. The van der Waals surface area contributed by atoms with Crippen molar-refractivity contribution in [2.75, 3.05) is 31.6 Å². The summed E-state index contributed by atoms with van der Waals surface area (Å²) in [5.74, 6) is 0.836. The SMILES string of the molecule is COc1ccc(F)cc1C(=O)N1C[C@@H]2CC[C@H]1CN(c1ncccn1)C2. The molecule has 3 aliphatic rings. The Morgan fingerprint density at radius 3 is 2.77 bits per heavy atom. The van der Waals surface area contributed by atoms with E-state index >= 15 is 0 Å². The van der Waals surface area contributed by atoms with E-state index in [4.69, 9.17) is 4.74 Å². The Kier molecular flexibility index (Phi) is 4.44. The Labute approximate surface area is 151 Å². The van der Waals surface area contributed by atoms with Crippen LogP contribution in [-0.4, -0.2) is 53.6 Å². The summed E-state index contributed by atoms with van der Waals surface area (Å²) >= 11 is 0. The minimum Gasteiger partial charge on any atom is -0.496 e. The maximum Gasteiger partial charge on any atom is 0.258 e. The van der Waals surface area contributed by atoms with Crippen LogP contribution in [0, 0.1) is 11.7 Å². The van der Waals surface area contributed by atoms with Crippen molar-refractivity contribution in [2.45, 2.75) is 18.9 Å². The van der Waals surface area contributed by atoms with E-state index in [-0.39, 0.29) is 17.5 Å². The lowest BCUT2D eigenvalue weighted by Gasteiger charge is -2.36. The summed E-state index contributed by atoms with van der Waals surface area (Å²) in [6.07, 6.45) is 5.46. The Morgan fingerprint density at radius 1 is 1.19 bits per heavy atom. The number of nitrogens with zero attached hydrogens (tertiary/aromatic N) is 4. The monoisotopic (exact) mass is 356 g/mol. The third kappa shape index (κ3) is 3.09. The zero-order chi connectivity index (χ0) is 18.1. The molecule has 3 fully saturated rings. The van der Waals surface area contributed by atoms with Gasteiger partial charge >= 0.3 is 0 Å². The second kappa shape index (κ2) is 6.90. The Morgan fingerprint density at radius 2 is 2.00 bits per heavy atom. The molecule has 2 bridgehead atoms. The zero-order valence-electron chi connectivity index (χ0n) is 14.6. The molecule has 2 atom stereocenters. The summed E-state index contributed by atoms with van der Waals surface area (Å²) in [4.78, 5) is 25.9. The van der Waals surface area contributed by atoms with E-state index in [2.05, 4.69) is 14.9 Å². The summed E-state index contributed by atoms with van der Waals surface area (Å²) in [6, 6.07) is 5.92. The van der Waals surface area contributed by atoms with Crippen LogP contribution in [0.5, 0.6) is 5.75 Å². The number of carbonyl (C=O) groups is 1. The summed E-state index contributed by atoms with van der Waals surface area (Å²) in [5, 5.41) is 0. The highest BCUT2D eigenvalue weighted by Gasteiger charge is 2.38. The molecule has 5 rings (SSSR count). The Balaban J connectivity index is 1.61. The van der Waals surface area contributed by atoms with Crippen molar-refractivity contribution < 1.29 is 13.9 Å². The highest BCUT2D eigenvalue weighted by molar-refractivity contribution is 5.97. The van der Waals surface area contributed by atoms with Crippen LogP contribution in [0.25, 0.3) is 0 Å². The fourth-order valence-corrected chi connectivity index (χ4v) is 3.95. The maximum atomic E-state index is 13.7. The van der Waals surface area contributed by atoms with Crippen LogP contribution in [0.15, 0.2) is 36.7 Å². The summed E-state index contributed by atoms with van der Waals surface area (Å²) in [5.41, 5.74) is 0.280. The van der Waals surface area contributed by atoms with Crippen molar-refractivity contribution in [3.63, 3.8) is 0 Å². The van der Waals surface area contributed by atoms with Gasteiger partial charge in [-0.2, -0.15) is 0 Å². The van der Waals surface area contributed by atoms with Crippen LogP contribution >= 0.6 is 0 Å². The van der Waals surface area contributed by atoms with Gasteiger partial charge in [-0.25, -0.2) is 14.4 Å². The molecular weight excluding hydrogens is 335 g/mol. The number of amides is 1. The molecule has 0 aliphatic carbocycles. The van der Waals surface area contributed by atoms with E-state index in [1.165, 1.54) is 25.3 Å². The standard InChI is InChI=1S/C19H21FN4O2/c1-26-17-6-4-14(20)9-16(17)18(25)24-11-13-3-5-15(24)12-23(10-13)19-21-7-2-8-22-19/h2,4,6-9,13,15H,3,5,10-12H2,1H3/t13-,15+/m1/s1. The van der Waals surface area contributed by atoms with E-state index in [9.17, 15) is 9.18 Å². The molecule has 7 heteroatoms. The van der Waals surface area contributed by atoms with E-state index in [0.717, 1.165) is 19.4 Å². The van der Waals surface area contributed by atoms with Gasteiger partial charge in [0.2, 0.25) is 5.95 Å². The van der Waals surface area contributed by atoms with Gasteiger partial charge in [-0.15, -0.1) is 0 Å². The molecule has 4 heterocycles. The van der Waals surface area contributed by atoms with E-state index in [1.807, 2.05) is 4.90 Å². The van der Waals surface area contributed by atoms with Gasteiger partial charge < -0.3 is 14.5 Å². The molecule has 0 spiro atoms. The number of halogens is 1. The van der Waals surface area contributed by atoms with E-state index < -0.39 is 5.82 Å². The van der Waals surface area contributed by atoms with Gasteiger partial charge in [-0.3, -0.25) is 4.79 Å². The molecule has 6 nitrogen and oxygen atoms in total. The van der Waals surface area contributed by atoms with Crippen LogP contribution < -0.4 is 9.64 Å². The highest BCUT2D eigenvalue weighted by atomic mass is 19.1. The second-order valence-electron chi connectivity index (χ2n) is 6.85. The largest absolute Gasteiger partial charge is 0.496 e. The van der Waals surface area contributed by atoms with Gasteiger partial charge in [0.25, 0.3) is 5.91 Å². The van der Waals surface area contributed by atoms with Gasteiger partial charge in [0.1, 0.15) is 11.6 Å². The van der Waals surface area contributed by atoms with Gasteiger partial charge in [0, 0.05) is 38.1 Å². The fourth-order valence-electron chi connectivity index (χ4n) is 3.95. The predicted octanol–water partition coefficient (Wildman–Crippen LogP) is 2.37. The number of methoxy groups -OCH3 is 1. The van der Waals surface area contributed by atoms with Gasteiger partial charge in [0.15, 0.2) is 0 Å². The zero-order valence-corrected chi connectivity index (χ0v) is 14.6. The topological polar surface area (TPSA) is 58.6 Å². The minimum absolute atomic E-state index is 0.0537. The van der Waals surface area contributed by atoms with Crippen molar-refractivity contribution in [2.24, 2.45) is 5.92 Å². The lowest BCUT2D eigenvalue weighted by Crippen LogP contribution is -2.47. The van der Waals surface area contributed by atoms with Crippen LogP contribution in [0.4, 0.5) is 10.3 Å². The fraction of sp³-hybridized carbons (Fsp3) is 0.421. The third-order valence-electron chi connectivity index (χ3n) is 5.20. The molecule has 0 radical (unpaired) electrons. The average Bonchev–Trinajstić information content (AvgIpc) is 3.00. The molecule has 3 aliphatic heterocycles. The summed E-state index contributed by atoms with van der Waals surface area (Å²) in [6.45, 7) is 2.17. The quantitative estimate of drug-likeness (QED) is 0.845. The smallest absolute Gasteiger partial charge is 0.258 e. The number of hydrogen-bond donors (Lipinski definition) is 0. The predicted molar refractivity (Wildman–Crippen MR) is 94.7 cm³/mol. The van der Waals surface area contributed by atoms with Crippen molar-refractivity contribution in [3.05, 3.63) is 48.0 Å². The summed E-state index contributed by atoms with van der Waals surface area (Å²) < 4.78 is 19.0. The first-order chi connectivity index (χ1) is 12.7. The van der Waals surface area contributed by atoms with Crippen molar-refractivity contribution >= 4 is 11.9 Å². The maximum absolute atomic E-state index is 13.7. The van der Waals surface area contributed by atoms with Crippen molar-refractivity contribution in [1.29, 1.82) is 0 Å². The average molecular weight is 356 g/mol. The number of piperidine rings is 1. The van der Waals surface area contributed by atoms with E-state index in [1.54, 1.807) is 18.5 Å². The van der Waals surface area contributed by atoms with Crippen LogP contribution in [0.1, 0.15) is 23.2 Å². The number of fused-ring (bicyclic) bond motifs is 4. The van der Waals surface area contributed by atoms with E-state index in [0.29, 0.717) is 30.7 Å².